The monoisotopic (exact) mass is 321 g/mol. The summed E-state index contributed by atoms with van der Waals surface area (Å²) in [6.07, 6.45) is 5.26. The molecule has 3 heterocycles. The quantitative estimate of drug-likeness (QED) is 0.774. The predicted molar refractivity (Wildman–Crippen MR) is 89.2 cm³/mol. The van der Waals surface area contributed by atoms with Gasteiger partial charge in [-0.15, -0.1) is 0 Å². The van der Waals surface area contributed by atoms with Crippen LogP contribution in [-0.4, -0.2) is 74.5 Å². The molecule has 3 rings (SSSR count). The van der Waals surface area contributed by atoms with Crippen LogP contribution in [0.15, 0.2) is 0 Å². The maximum absolute atomic E-state index is 9.56. The van der Waals surface area contributed by atoms with Gasteiger partial charge in [0.15, 0.2) is 0 Å². The maximum atomic E-state index is 9.56. The first kappa shape index (κ1) is 17.2. The molecule has 3 aliphatic rings. The molecule has 5 nitrogen and oxygen atoms in total. The van der Waals surface area contributed by atoms with Crippen LogP contribution in [-0.2, 0) is 9.47 Å². The predicted octanol–water partition coefficient (Wildman–Crippen LogP) is 1.88. The van der Waals surface area contributed by atoms with Crippen molar-refractivity contribution < 1.29 is 9.47 Å². The highest BCUT2D eigenvalue weighted by Crippen LogP contribution is 2.35. The van der Waals surface area contributed by atoms with Gasteiger partial charge in [-0.05, 0) is 45.6 Å². The molecule has 3 fully saturated rings. The summed E-state index contributed by atoms with van der Waals surface area (Å²) in [5.74, 6) is 0. The van der Waals surface area contributed by atoms with E-state index in [9.17, 15) is 5.26 Å². The standard InChI is InChI=1S/C18H31N3O2/c1-16-17(21-9-13-23-14-10-21)3-8-20(16)7-2-4-18(15-19)5-11-22-12-6-18/h16-17H,2-14H2,1H3/t16-,17-/m1/s1. The molecule has 0 N–H and O–H groups in total. The highest BCUT2D eigenvalue weighted by Gasteiger charge is 2.36. The number of hydrogen-bond donors (Lipinski definition) is 0. The van der Waals surface area contributed by atoms with Crippen LogP contribution in [0.25, 0.3) is 0 Å². The molecular formula is C18H31N3O2. The fraction of sp³-hybridized carbons (Fsp3) is 0.944. The molecular weight excluding hydrogens is 290 g/mol. The van der Waals surface area contributed by atoms with E-state index in [1.165, 1.54) is 13.0 Å². The minimum atomic E-state index is -0.120. The molecule has 0 amide bonds. The number of nitrogens with zero attached hydrogens (tertiary/aromatic N) is 3. The second-order valence-electron chi connectivity index (χ2n) is 7.39. The third-order valence-electron chi connectivity index (χ3n) is 6.15. The van der Waals surface area contributed by atoms with Crippen LogP contribution in [0.4, 0.5) is 0 Å². The average molecular weight is 321 g/mol. The minimum Gasteiger partial charge on any atom is -0.381 e. The molecule has 3 aliphatic heterocycles. The smallest absolute Gasteiger partial charge is 0.0691 e. The van der Waals surface area contributed by atoms with E-state index in [0.717, 1.165) is 71.7 Å². The zero-order valence-electron chi connectivity index (χ0n) is 14.5. The van der Waals surface area contributed by atoms with Crippen LogP contribution in [0.3, 0.4) is 0 Å². The Hall–Kier alpha value is -0.670. The molecule has 130 valence electrons. The van der Waals surface area contributed by atoms with Gasteiger partial charge in [0.1, 0.15) is 0 Å². The molecule has 0 aromatic carbocycles. The summed E-state index contributed by atoms with van der Waals surface area (Å²) in [4.78, 5) is 5.24. The Morgan fingerprint density at radius 3 is 2.48 bits per heavy atom. The van der Waals surface area contributed by atoms with Gasteiger partial charge in [-0.3, -0.25) is 9.80 Å². The number of rotatable bonds is 5. The number of nitriles is 1. The van der Waals surface area contributed by atoms with E-state index < -0.39 is 0 Å². The number of ether oxygens (including phenoxy) is 2. The van der Waals surface area contributed by atoms with Crippen molar-refractivity contribution in [2.45, 2.75) is 51.1 Å². The molecule has 0 aliphatic carbocycles. The van der Waals surface area contributed by atoms with Crippen molar-refractivity contribution in [2.75, 3.05) is 52.6 Å². The van der Waals surface area contributed by atoms with Gasteiger partial charge >= 0.3 is 0 Å². The summed E-state index contributed by atoms with van der Waals surface area (Å²) in [7, 11) is 0. The Morgan fingerprint density at radius 2 is 1.78 bits per heavy atom. The van der Waals surface area contributed by atoms with Crippen LogP contribution in [0.1, 0.15) is 39.0 Å². The summed E-state index contributed by atoms with van der Waals surface area (Å²) >= 11 is 0. The van der Waals surface area contributed by atoms with Crippen molar-refractivity contribution >= 4 is 0 Å². The van der Waals surface area contributed by atoms with Gasteiger partial charge in [-0.1, -0.05) is 0 Å². The Morgan fingerprint density at radius 1 is 1.09 bits per heavy atom. The van der Waals surface area contributed by atoms with Gasteiger partial charge in [0, 0.05) is 44.9 Å². The van der Waals surface area contributed by atoms with Crippen molar-refractivity contribution in [1.82, 2.24) is 9.80 Å². The summed E-state index contributed by atoms with van der Waals surface area (Å²) in [6, 6.07) is 3.91. The molecule has 0 bridgehead atoms. The lowest BCUT2D eigenvalue weighted by Gasteiger charge is -2.36. The van der Waals surface area contributed by atoms with Gasteiger partial charge in [0.2, 0.25) is 0 Å². The number of hydrogen-bond acceptors (Lipinski definition) is 5. The van der Waals surface area contributed by atoms with Crippen LogP contribution in [0.2, 0.25) is 0 Å². The molecule has 2 atom stereocenters. The van der Waals surface area contributed by atoms with Gasteiger partial charge in [0.25, 0.3) is 0 Å². The lowest BCUT2D eigenvalue weighted by molar-refractivity contribution is 0.00958. The molecule has 0 unspecified atom stereocenters. The Balaban J connectivity index is 1.44. The van der Waals surface area contributed by atoms with Crippen LogP contribution >= 0.6 is 0 Å². The lowest BCUT2D eigenvalue weighted by Crippen LogP contribution is -2.48. The molecule has 0 saturated carbocycles. The van der Waals surface area contributed by atoms with E-state index in [4.69, 9.17) is 9.47 Å². The Kier molecular flexibility index (Phi) is 5.92. The summed E-state index contributed by atoms with van der Waals surface area (Å²) in [6.45, 7) is 10.2. The van der Waals surface area contributed by atoms with E-state index in [-0.39, 0.29) is 5.41 Å². The van der Waals surface area contributed by atoms with Crippen LogP contribution in [0, 0.1) is 16.7 Å². The van der Waals surface area contributed by atoms with Gasteiger partial charge < -0.3 is 9.47 Å². The van der Waals surface area contributed by atoms with E-state index >= 15 is 0 Å². The van der Waals surface area contributed by atoms with Gasteiger partial charge in [0.05, 0.1) is 24.7 Å². The van der Waals surface area contributed by atoms with E-state index in [1.54, 1.807) is 0 Å². The van der Waals surface area contributed by atoms with Gasteiger partial charge in [-0.2, -0.15) is 5.26 Å². The molecule has 23 heavy (non-hydrogen) atoms. The summed E-state index contributed by atoms with van der Waals surface area (Å²) < 4.78 is 10.9. The van der Waals surface area contributed by atoms with Crippen molar-refractivity contribution in [1.29, 1.82) is 5.26 Å². The Labute approximate surface area is 140 Å². The van der Waals surface area contributed by atoms with Crippen molar-refractivity contribution in [3.8, 4) is 6.07 Å². The molecule has 0 radical (unpaired) electrons. The SMILES string of the molecule is C[C@@H]1[C@H](N2CCOCC2)CCN1CCCC1(C#N)CCOCC1. The topological polar surface area (TPSA) is 48.7 Å². The summed E-state index contributed by atoms with van der Waals surface area (Å²) in [5, 5.41) is 9.56. The van der Waals surface area contributed by atoms with Crippen molar-refractivity contribution in [2.24, 2.45) is 5.41 Å². The fourth-order valence-corrected chi connectivity index (χ4v) is 4.50. The molecule has 0 aromatic heterocycles. The maximum Gasteiger partial charge on any atom is 0.0691 e. The zero-order chi connectivity index (χ0) is 16.1. The minimum absolute atomic E-state index is 0.120. The van der Waals surface area contributed by atoms with E-state index in [2.05, 4.69) is 22.8 Å². The molecule has 5 heteroatoms. The lowest BCUT2D eigenvalue weighted by atomic mass is 9.78. The summed E-state index contributed by atoms with van der Waals surface area (Å²) in [5.41, 5.74) is -0.120. The fourth-order valence-electron chi connectivity index (χ4n) is 4.50. The first-order valence-corrected chi connectivity index (χ1v) is 9.29. The first-order chi connectivity index (χ1) is 11.2. The average Bonchev–Trinajstić information content (AvgIpc) is 2.97. The van der Waals surface area contributed by atoms with Crippen LogP contribution < -0.4 is 0 Å². The number of morpholine rings is 1. The highest BCUT2D eigenvalue weighted by molar-refractivity contribution is 5.00. The van der Waals surface area contributed by atoms with E-state index in [0.29, 0.717) is 12.1 Å². The largest absolute Gasteiger partial charge is 0.381 e. The zero-order valence-corrected chi connectivity index (χ0v) is 14.5. The highest BCUT2D eigenvalue weighted by atomic mass is 16.5. The van der Waals surface area contributed by atoms with E-state index in [1.807, 2.05) is 0 Å². The molecule has 0 spiro atoms. The molecule has 0 aromatic rings. The van der Waals surface area contributed by atoms with Crippen molar-refractivity contribution in [3.05, 3.63) is 0 Å². The third kappa shape index (κ3) is 4.06. The van der Waals surface area contributed by atoms with Crippen LogP contribution in [0.5, 0.6) is 0 Å². The normalized spacial score (nSPS) is 32.7. The Bertz CT molecular complexity index is 411. The first-order valence-electron chi connectivity index (χ1n) is 9.29. The second-order valence-corrected chi connectivity index (χ2v) is 7.39. The van der Waals surface area contributed by atoms with Gasteiger partial charge in [-0.25, -0.2) is 0 Å². The number of likely N-dealkylation sites (tertiary alicyclic amines) is 1. The molecule has 3 saturated heterocycles. The second kappa shape index (κ2) is 7.94. The van der Waals surface area contributed by atoms with Crippen molar-refractivity contribution in [3.63, 3.8) is 0 Å². The third-order valence-corrected chi connectivity index (χ3v) is 6.15.